The van der Waals surface area contributed by atoms with Gasteiger partial charge in [-0.25, -0.2) is 0 Å². The number of ether oxygens (including phenoxy) is 2. The number of nitrogen functional groups attached to an aromatic ring is 1. The van der Waals surface area contributed by atoms with Crippen molar-refractivity contribution >= 4 is 11.6 Å². The summed E-state index contributed by atoms with van der Waals surface area (Å²) in [5.74, 6) is 0.403. The third kappa shape index (κ3) is 2.81. The van der Waals surface area contributed by atoms with Crippen LogP contribution in [0.1, 0.15) is 24.2 Å². The molecule has 0 bridgehead atoms. The van der Waals surface area contributed by atoms with Gasteiger partial charge >= 0.3 is 0 Å². The number of anilines is 1. The van der Waals surface area contributed by atoms with Gasteiger partial charge in [-0.3, -0.25) is 4.79 Å². The lowest BCUT2D eigenvalue weighted by Crippen LogP contribution is -2.50. The Labute approximate surface area is 113 Å². The van der Waals surface area contributed by atoms with Crippen LogP contribution >= 0.6 is 0 Å². The van der Waals surface area contributed by atoms with Crippen LogP contribution in [0.3, 0.4) is 0 Å². The number of hydrogen-bond donors (Lipinski definition) is 1. The summed E-state index contributed by atoms with van der Waals surface area (Å²) in [6, 6.07) is 5.23. The van der Waals surface area contributed by atoms with Gasteiger partial charge in [-0.05, 0) is 26.0 Å². The van der Waals surface area contributed by atoms with Crippen molar-refractivity contribution < 1.29 is 14.3 Å². The summed E-state index contributed by atoms with van der Waals surface area (Å²) in [6.07, 6.45) is 0. The minimum absolute atomic E-state index is 0.105. The highest BCUT2D eigenvalue weighted by Crippen LogP contribution is 2.27. The lowest BCUT2D eigenvalue weighted by atomic mass is 10.1. The topological polar surface area (TPSA) is 64.8 Å². The molecule has 0 radical (unpaired) electrons. The highest BCUT2D eigenvalue weighted by atomic mass is 16.5. The maximum absolute atomic E-state index is 12.6. The van der Waals surface area contributed by atoms with E-state index >= 15 is 0 Å². The number of nitrogens with two attached hydrogens (primary N) is 1. The minimum atomic E-state index is -0.329. The fourth-order valence-electron chi connectivity index (χ4n) is 2.30. The number of nitrogens with zero attached hydrogens (tertiary/aromatic N) is 1. The SMILES string of the molecule is COc1cccc(N)c1C(=O)N1CCOC(C)(C)C1. The van der Waals surface area contributed by atoms with Crippen molar-refractivity contribution in [1.29, 1.82) is 0 Å². The highest BCUT2D eigenvalue weighted by Gasteiger charge is 2.32. The first kappa shape index (κ1) is 13.7. The summed E-state index contributed by atoms with van der Waals surface area (Å²) in [5.41, 5.74) is 6.46. The number of hydrogen-bond acceptors (Lipinski definition) is 4. The second-order valence-electron chi connectivity index (χ2n) is 5.26. The van der Waals surface area contributed by atoms with E-state index < -0.39 is 0 Å². The van der Waals surface area contributed by atoms with Crippen molar-refractivity contribution in [3.05, 3.63) is 23.8 Å². The van der Waals surface area contributed by atoms with E-state index in [1.165, 1.54) is 7.11 Å². The number of methoxy groups -OCH3 is 1. The fraction of sp³-hybridized carbons (Fsp3) is 0.500. The van der Waals surface area contributed by atoms with Crippen molar-refractivity contribution in [3.8, 4) is 5.75 Å². The van der Waals surface area contributed by atoms with Gasteiger partial charge in [-0.15, -0.1) is 0 Å². The van der Waals surface area contributed by atoms with Gasteiger partial charge in [0.1, 0.15) is 11.3 Å². The van der Waals surface area contributed by atoms with Crippen LogP contribution in [0.4, 0.5) is 5.69 Å². The van der Waals surface area contributed by atoms with Gasteiger partial charge in [0.25, 0.3) is 5.91 Å². The molecule has 1 fully saturated rings. The first-order valence-electron chi connectivity index (χ1n) is 6.30. The molecule has 19 heavy (non-hydrogen) atoms. The molecule has 1 heterocycles. The molecule has 0 aromatic heterocycles. The molecule has 0 unspecified atom stereocenters. The second-order valence-corrected chi connectivity index (χ2v) is 5.26. The van der Waals surface area contributed by atoms with Gasteiger partial charge in [-0.2, -0.15) is 0 Å². The van der Waals surface area contributed by atoms with Crippen LogP contribution in [0.15, 0.2) is 18.2 Å². The Hall–Kier alpha value is -1.75. The maximum atomic E-state index is 12.6. The molecule has 2 rings (SSSR count). The molecule has 0 atom stereocenters. The Balaban J connectivity index is 2.29. The van der Waals surface area contributed by atoms with E-state index in [4.69, 9.17) is 15.2 Å². The molecule has 5 heteroatoms. The second kappa shape index (κ2) is 5.09. The summed E-state index contributed by atoms with van der Waals surface area (Å²) in [7, 11) is 1.54. The maximum Gasteiger partial charge on any atom is 0.259 e. The zero-order valence-electron chi connectivity index (χ0n) is 11.6. The molecule has 2 N–H and O–H groups in total. The van der Waals surface area contributed by atoms with E-state index in [2.05, 4.69) is 0 Å². The van der Waals surface area contributed by atoms with Crippen LogP contribution in [0, 0.1) is 0 Å². The predicted molar refractivity (Wildman–Crippen MR) is 73.3 cm³/mol. The van der Waals surface area contributed by atoms with Gasteiger partial charge < -0.3 is 20.1 Å². The molecule has 1 aliphatic heterocycles. The molecule has 1 amide bonds. The molecule has 5 nitrogen and oxygen atoms in total. The van der Waals surface area contributed by atoms with Crippen molar-refractivity contribution in [2.75, 3.05) is 32.5 Å². The fourth-order valence-corrected chi connectivity index (χ4v) is 2.30. The van der Waals surface area contributed by atoms with Crippen molar-refractivity contribution in [2.24, 2.45) is 0 Å². The average Bonchev–Trinajstić information content (AvgIpc) is 2.36. The van der Waals surface area contributed by atoms with Gasteiger partial charge in [0.2, 0.25) is 0 Å². The van der Waals surface area contributed by atoms with Crippen LogP contribution in [-0.2, 0) is 4.74 Å². The van der Waals surface area contributed by atoms with Crippen molar-refractivity contribution in [3.63, 3.8) is 0 Å². The summed E-state index contributed by atoms with van der Waals surface area (Å²) in [5, 5.41) is 0. The molecule has 1 aromatic rings. The summed E-state index contributed by atoms with van der Waals surface area (Å²) < 4.78 is 10.8. The van der Waals surface area contributed by atoms with Gasteiger partial charge in [-0.1, -0.05) is 6.07 Å². The van der Waals surface area contributed by atoms with Crippen molar-refractivity contribution in [1.82, 2.24) is 4.90 Å². The lowest BCUT2D eigenvalue weighted by Gasteiger charge is -2.38. The average molecular weight is 264 g/mol. The van der Waals surface area contributed by atoms with Gasteiger partial charge in [0.05, 0.1) is 19.3 Å². The first-order valence-corrected chi connectivity index (χ1v) is 6.30. The number of benzene rings is 1. The smallest absolute Gasteiger partial charge is 0.259 e. The molecule has 0 saturated carbocycles. The molecular formula is C14H20N2O3. The van der Waals surface area contributed by atoms with Crippen LogP contribution in [-0.4, -0.2) is 43.2 Å². The van der Waals surface area contributed by atoms with Crippen molar-refractivity contribution in [2.45, 2.75) is 19.4 Å². The van der Waals surface area contributed by atoms with E-state index in [0.717, 1.165) is 0 Å². The summed E-state index contributed by atoms with van der Waals surface area (Å²) in [4.78, 5) is 14.4. The number of carbonyl (C=O) groups excluding carboxylic acids is 1. The van der Waals surface area contributed by atoms with Crippen LogP contribution < -0.4 is 10.5 Å². The van der Waals surface area contributed by atoms with E-state index in [1.807, 2.05) is 13.8 Å². The molecule has 1 aliphatic rings. The largest absolute Gasteiger partial charge is 0.496 e. The van der Waals surface area contributed by atoms with Crippen LogP contribution in [0.5, 0.6) is 5.75 Å². The third-order valence-corrected chi connectivity index (χ3v) is 3.21. The molecule has 104 valence electrons. The van der Waals surface area contributed by atoms with Crippen LogP contribution in [0.25, 0.3) is 0 Å². The van der Waals surface area contributed by atoms with Gasteiger partial charge in [0.15, 0.2) is 0 Å². The number of amides is 1. The summed E-state index contributed by atoms with van der Waals surface area (Å²) in [6.45, 7) is 5.59. The molecule has 0 aliphatic carbocycles. The van der Waals surface area contributed by atoms with E-state index in [-0.39, 0.29) is 11.5 Å². The Kier molecular flexibility index (Phi) is 3.66. The quantitative estimate of drug-likeness (QED) is 0.823. The minimum Gasteiger partial charge on any atom is -0.496 e. The monoisotopic (exact) mass is 264 g/mol. The molecule has 1 saturated heterocycles. The van der Waals surface area contributed by atoms with Crippen LogP contribution in [0.2, 0.25) is 0 Å². The Morgan fingerprint density at radius 3 is 2.84 bits per heavy atom. The highest BCUT2D eigenvalue weighted by molar-refractivity contribution is 6.02. The van der Waals surface area contributed by atoms with E-state index in [9.17, 15) is 4.79 Å². The predicted octanol–water partition coefficient (Wildman–Crippen LogP) is 1.53. The molecular weight excluding hydrogens is 244 g/mol. The molecule has 0 spiro atoms. The standard InChI is InChI=1S/C14H20N2O3/c1-14(2)9-16(7-8-19-14)13(17)12-10(15)5-4-6-11(12)18-3/h4-6H,7-9,15H2,1-3H3. The molecule has 1 aromatic carbocycles. The number of rotatable bonds is 2. The Morgan fingerprint density at radius 2 is 2.21 bits per heavy atom. The Bertz CT molecular complexity index is 486. The van der Waals surface area contributed by atoms with E-state index in [0.29, 0.717) is 36.7 Å². The Morgan fingerprint density at radius 1 is 1.47 bits per heavy atom. The zero-order chi connectivity index (χ0) is 14.0. The van der Waals surface area contributed by atoms with E-state index in [1.54, 1.807) is 23.1 Å². The zero-order valence-corrected chi connectivity index (χ0v) is 11.6. The normalized spacial score (nSPS) is 18.2. The third-order valence-electron chi connectivity index (χ3n) is 3.21. The first-order chi connectivity index (χ1) is 8.94. The number of carbonyl (C=O) groups is 1. The lowest BCUT2D eigenvalue weighted by molar-refractivity contribution is -0.0764. The number of morpholine rings is 1. The van der Waals surface area contributed by atoms with Gasteiger partial charge in [0, 0.05) is 18.8 Å². The summed E-state index contributed by atoms with van der Waals surface area (Å²) >= 11 is 0.